The van der Waals surface area contributed by atoms with E-state index in [9.17, 15) is 13.2 Å². The van der Waals surface area contributed by atoms with Gasteiger partial charge >= 0.3 is 5.97 Å². The summed E-state index contributed by atoms with van der Waals surface area (Å²) < 4.78 is 26.5. The van der Waals surface area contributed by atoms with Crippen molar-refractivity contribution in [3.8, 4) is 0 Å². The van der Waals surface area contributed by atoms with Crippen LogP contribution in [0.15, 0.2) is 18.2 Å². The molecule has 118 valence electrons. The van der Waals surface area contributed by atoms with Crippen molar-refractivity contribution in [1.29, 1.82) is 0 Å². The van der Waals surface area contributed by atoms with Gasteiger partial charge < -0.3 is 5.11 Å². The highest BCUT2D eigenvalue weighted by atomic mass is 35.5. The zero-order chi connectivity index (χ0) is 16.2. The number of rotatable bonds is 7. The molecule has 1 aromatic carbocycles. The summed E-state index contributed by atoms with van der Waals surface area (Å²) in [7, 11) is -0.980. The molecule has 0 aliphatic heterocycles. The Morgan fingerprint density at radius 3 is 2.33 bits per heavy atom. The van der Waals surface area contributed by atoms with Crippen molar-refractivity contribution in [2.24, 2.45) is 0 Å². The van der Waals surface area contributed by atoms with E-state index in [2.05, 4.69) is 0 Å². The van der Waals surface area contributed by atoms with E-state index in [1.807, 2.05) is 0 Å². The number of halogens is 2. The Morgan fingerprint density at radius 2 is 1.81 bits per heavy atom. The van der Waals surface area contributed by atoms with Crippen LogP contribution in [-0.4, -0.2) is 48.7 Å². The summed E-state index contributed by atoms with van der Waals surface area (Å²) >= 11 is 11.7. The van der Waals surface area contributed by atoms with Crippen LogP contribution in [0.3, 0.4) is 0 Å². The summed E-state index contributed by atoms with van der Waals surface area (Å²) in [5.41, 5.74) is 0.683. The fourth-order valence-corrected chi connectivity index (χ4v) is 3.01. The standard InChI is InChI=1S/C12H16Cl2N2O4S/c1-15(6-5-12(17)18)21(19,20)16(2)8-9-3-4-10(13)11(14)7-9/h3-4,7H,5-6,8H2,1-2H3,(H,17,18). The van der Waals surface area contributed by atoms with Crippen LogP contribution in [0, 0.1) is 0 Å². The van der Waals surface area contributed by atoms with Crippen LogP contribution in [0.2, 0.25) is 10.0 Å². The third-order valence-corrected chi connectivity index (χ3v) is 5.44. The summed E-state index contributed by atoms with van der Waals surface area (Å²) in [6.45, 7) is 0.0139. The predicted octanol–water partition coefficient (Wildman–Crippen LogP) is 2.08. The number of hydrogen-bond acceptors (Lipinski definition) is 3. The highest BCUT2D eigenvalue weighted by Gasteiger charge is 2.24. The van der Waals surface area contributed by atoms with Crippen molar-refractivity contribution in [2.45, 2.75) is 13.0 Å². The van der Waals surface area contributed by atoms with Crippen molar-refractivity contribution in [3.63, 3.8) is 0 Å². The lowest BCUT2D eigenvalue weighted by atomic mass is 10.2. The maximum atomic E-state index is 12.2. The molecular weight excluding hydrogens is 339 g/mol. The van der Waals surface area contributed by atoms with Gasteiger partial charge in [0.2, 0.25) is 0 Å². The molecule has 0 unspecified atom stereocenters. The van der Waals surface area contributed by atoms with Gasteiger partial charge in [-0.3, -0.25) is 4.79 Å². The molecule has 0 aromatic heterocycles. The van der Waals surface area contributed by atoms with Gasteiger partial charge in [0.05, 0.1) is 16.5 Å². The molecule has 0 atom stereocenters. The average molecular weight is 355 g/mol. The Labute approximate surface area is 134 Å². The second-order valence-electron chi connectivity index (χ2n) is 4.48. The van der Waals surface area contributed by atoms with Gasteiger partial charge in [0.15, 0.2) is 0 Å². The number of carboxylic acids is 1. The van der Waals surface area contributed by atoms with E-state index in [0.717, 1.165) is 8.61 Å². The first-order valence-corrected chi connectivity index (χ1v) is 8.13. The highest BCUT2D eigenvalue weighted by molar-refractivity contribution is 7.86. The van der Waals surface area contributed by atoms with Crippen molar-refractivity contribution in [1.82, 2.24) is 8.61 Å². The van der Waals surface area contributed by atoms with Crippen molar-refractivity contribution < 1.29 is 18.3 Å². The van der Waals surface area contributed by atoms with Gasteiger partial charge in [0.25, 0.3) is 10.2 Å². The summed E-state index contributed by atoms with van der Waals surface area (Å²) in [5, 5.41) is 9.34. The van der Waals surface area contributed by atoms with Gasteiger partial charge in [-0.15, -0.1) is 0 Å². The molecule has 1 N–H and O–H groups in total. The Kier molecular flexibility index (Phi) is 6.42. The van der Waals surface area contributed by atoms with Crippen LogP contribution in [0.4, 0.5) is 0 Å². The minimum absolute atomic E-state index is 0.0939. The number of nitrogens with zero attached hydrogens (tertiary/aromatic N) is 2. The zero-order valence-electron chi connectivity index (χ0n) is 11.6. The van der Waals surface area contributed by atoms with Gasteiger partial charge in [0, 0.05) is 27.2 Å². The third-order valence-electron chi connectivity index (χ3n) is 2.82. The monoisotopic (exact) mass is 354 g/mol. The summed E-state index contributed by atoms with van der Waals surface area (Å²) in [5.74, 6) is -1.05. The van der Waals surface area contributed by atoms with Crippen LogP contribution in [-0.2, 0) is 21.5 Å². The Balaban J connectivity index is 2.78. The van der Waals surface area contributed by atoms with E-state index in [-0.39, 0.29) is 19.5 Å². The van der Waals surface area contributed by atoms with Crippen LogP contribution in [0.5, 0.6) is 0 Å². The molecule has 0 radical (unpaired) electrons. The molecule has 0 aliphatic rings. The molecule has 0 fully saturated rings. The molecule has 0 saturated heterocycles. The lowest BCUT2D eigenvalue weighted by Gasteiger charge is -2.24. The minimum atomic E-state index is -3.73. The predicted molar refractivity (Wildman–Crippen MR) is 81.7 cm³/mol. The second kappa shape index (κ2) is 7.42. The van der Waals surface area contributed by atoms with E-state index < -0.39 is 16.2 Å². The molecule has 0 saturated carbocycles. The minimum Gasteiger partial charge on any atom is -0.481 e. The van der Waals surface area contributed by atoms with Gasteiger partial charge in [-0.25, -0.2) is 0 Å². The summed E-state index contributed by atoms with van der Waals surface area (Å²) in [6.07, 6.45) is -0.254. The Bertz CT molecular complexity index is 622. The molecule has 1 rings (SSSR count). The second-order valence-corrected chi connectivity index (χ2v) is 7.43. The normalized spacial score (nSPS) is 12.1. The van der Waals surface area contributed by atoms with Gasteiger partial charge in [-0.1, -0.05) is 29.3 Å². The average Bonchev–Trinajstić information content (AvgIpc) is 2.39. The fourth-order valence-electron chi connectivity index (χ4n) is 1.58. The lowest BCUT2D eigenvalue weighted by molar-refractivity contribution is -0.137. The topological polar surface area (TPSA) is 77.9 Å². The maximum Gasteiger partial charge on any atom is 0.304 e. The van der Waals surface area contributed by atoms with E-state index in [0.29, 0.717) is 15.6 Å². The van der Waals surface area contributed by atoms with Crippen LogP contribution >= 0.6 is 23.2 Å². The van der Waals surface area contributed by atoms with E-state index >= 15 is 0 Å². The Hall–Kier alpha value is -0.860. The molecule has 21 heavy (non-hydrogen) atoms. The van der Waals surface area contributed by atoms with Crippen LogP contribution in [0.1, 0.15) is 12.0 Å². The van der Waals surface area contributed by atoms with Gasteiger partial charge in [-0.05, 0) is 17.7 Å². The molecule has 0 amide bonds. The molecule has 9 heteroatoms. The van der Waals surface area contributed by atoms with E-state index in [1.165, 1.54) is 14.1 Å². The van der Waals surface area contributed by atoms with Crippen LogP contribution in [0.25, 0.3) is 0 Å². The van der Waals surface area contributed by atoms with Crippen molar-refractivity contribution >= 4 is 39.4 Å². The zero-order valence-corrected chi connectivity index (χ0v) is 13.9. The lowest BCUT2D eigenvalue weighted by Crippen LogP contribution is -2.40. The third kappa shape index (κ3) is 5.12. The molecule has 0 heterocycles. The van der Waals surface area contributed by atoms with E-state index in [1.54, 1.807) is 18.2 Å². The van der Waals surface area contributed by atoms with E-state index in [4.69, 9.17) is 28.3 Å². The number of carboxylic acid groups (broad SMARTS) is 1. The first kappa shape index (κ1) is 18.2. The largest absolute Gasteiger partial charge is 0.481 e. The molecule has 0 aliphatic carbocycles. The van der Waals surface area contributed by atoms with Gasteiger partial charge in [-0.2, -0.15) is 17.0 Å². The Morgan fingerprint density at radius 1 is 1.19 bits per heavy atom. The van der Waals surface area contributed by atoms with Crippen molar-refractivity contribution in [2.75, 3.05) is 20.6 Å². The maximum absolute atomic E-state index is 12.2. The van der Waals surface area contributed by atoms with Crippen molar-refractivity contribution in [3.05, 3.63) is 33.8 Å². The first-order valence-electron chi connectivity index (χ1n) is 5.98. The molecule has 6 nitrogen and oxygen atoms in total. The smallest absolute Gasteiger partial charge is 0.304 e. The molecule has 0 bridgehead atoms. The fraction of sp³-hybridized carbons (Fsp3) is 0.417. The summed E-state index contributed by atoms with van der Waals surface area (Å²) in [6, 6.07) is 4.86. The number of benzene rings is 1. The number of hydrogen-bond donors (Lipinski definition) is 1. The molecular formula is C12H16Cl2N2O4S. The van der Waals surface area contributed by atoms with Crippen LogP contribution < -0.4 is 0 Å². The molecule has 1 aromatic rings. The number of aliphatic carboxylic acids is 1. The quantitative estimate of drug-likeness (QED) is 0.812. The number of carbonyl (C=O) groups is 1. The molecule has 0 spiro atoms. The SMILES string of the molecule is CN(CCC(=O)O)S(=O)(=O)N(C)Cc1ccc(Cl)c(Cl)c1. The summed E-state index contributed by atoms with van der Waals surface area (Å²) in [4.78, 5) is 10.5. The van der Waals surface area contributed by atoms with Gasteiger partial charge in [0.1, 0.15) is 0 Å². The highest BCUT2D eigenvalue weighted by Crippen LogP contribution is 2.23. The first-order chi connectivity index (χ1) is 9.64.